The summed E-state index contributed by atoms with van der Waals surface area (Å²) in [5, 5.41) is 9.90. The van der Waals surface area contributed by atoms with E-state index < -0.39 is 0 Å². The predicted molar refractivity (Wildman–Crippen MR) is 95.0 cm³/mol. The molecule has 24 heavy (non-hydrogen) atoms. The van der Waals surface area contributed by atoms with Crippen LogP contribution in [0.25, 0.3) is 0 Å². The predicted octanol–water partition coefficient (Wildman–Crippen LogP) is 2.55. The number of amides is 1. The van der Waals surface area contributed by atoms with Crippen LogP contribution in [0.2, 0.25) is 0 Å². The van der Waals surface area contributed by atoms with Gasteiger partial charge in [-0.2, -0.15) is 5.10 Å². The second-order valence-electron chi connectivity index (χ2n) is 6.61. The summed E-state index contributed by atoms with van der Waals surface area (Å²) in [7, 11) is 0. The fourth-order valence-electron chi connectivity index (χ4n) is 3.37. The topological polar surface area (TPSA) is 61.0 Å². The van der Waals surface area contributed by atoms with E-state index in [2.05, 4.69) is 50.7 Å². The van der Waals surface area contributed by atoms with E-state index in [1.165, 1.54) is 5.56 Å². The zero-order chi connectivity index (χ0) is 16.8. The van der Waals surface area contributed by atoms with Crippen molar-refractivity contribution in [3.8, 4) is 0 Å². The Morgan fingerprint density at radius 2 is 2.21 bits per heavy atom. The van der Waals surface area contributed by atoms with Crippen molar-refractivity contribution in [2.24, 2.45) is 0 Å². The zero-order valence-corrected chi connectivity index (χ0v) is 14.3. The van der Waals surface area contributed by atoms with Crippen LogP contribution in [0.3, 0.4) is 0 Å². The molecule has 0 aliphatic carbocycles. The molecule has 5 heteroatoms. The first-order chi connectivity index (χ1) is 11.7. The maximum absolute atomic E-state index is 12.3. The van der Waals surface area contributed by atoms with Gasteiger partial charge < -0.3 is 10.2 Å². The summed E-state index contributed by atoms with van der Waals surface area (Å²) in [6, 6.07) is 10.9. The van der Waals surface area contributed by atoms with Crippen LogP contribution in [-0.2, 0) is 6.42 Å². The Labute approximate surface area is 143 Å². The van der Waals surface area contributed by atoms with Gasteiger partial charge >= 0.3 is 0 Å². The first kappa shape index (κ1) is 16.7. The second-order valence-corrected chi connectivity index (χ2v) is 6.61. The van der Waals surface area contributed by atoms with Gasteiger partial charge in [0.25, 0.3) is 5.91 Å². The summed E-state index contributed by atoms with van der Waals surface area (Å²) < 4.78 is 0. The summed E-state index contributed by atoms with van der Waals surface area (Å²) in [5.41, 5.74) is 2.87. The van der Waals surface area contributed by atoms with Gasteiger partial charge in [-0.25, -0.2) is 0 Å². The van der Waals surface area contributed by atoms with E-state index in [1.54, 1.807) is 6.20 Å². The number of nitrogens with one attached hydrogen (secondary N) is 2. The minimum Gasteiger partial charge on any atom is -0.348 e. The standard InChI is InChI=1S/C19H26N4O/c1-15-18(13-20-22-15)19(24)21-17-10-6-12-23(14-17)11-5-9-16-7-3-2-4-8-16/h2-4,7-8,13,17H,5-6,9-12,14H2,1H3,(H,20,22)(H,21,24). The van der Waals surface area contributed by atoms with Gasteiger partial charge in [0.15, 0.2) is 0 Å². The van der Waals surface area contributed by atoms with Crippen LogP contribution >= 0.6 is 0 Å². The number of carbonyl (C=O) groups excluding carboxylic acids is 1. The van der Waals surface area contributed by atoms with E-state index in [1.807, 2.05) is 6.92 Å². The number of hydrogen-bond donors (Lipinski definition) is 2. The van der Waals surface area contributed by atoms with Crippen molar-refractivity contribution >= 4 is 5.91 Å². The SMILES string of the molecule is Cc1[nH]ncc1C(=O)NC1CCCN(CCCc2ccccc2)C1. The molecule has 0 saturated carbocycles. The Morgan fingerprint density at radius 3 is 2.96 bits per heavy atom. The molecule has 0 radical (unpaired) electrons. The van der Waals surface area contributed by atoms with Gasteiger partial charge in [-0.05, 0) is 51.3 Å². The van der Waals surface area contributed by atoms with Crippen LogP contribution in [0.15, 0.2) is 36.5 Å². The average molecular weight is 326 g/mol. The molecule has 1 saturated heterocycles. The first-order valence-electron chi connectivity index (χ1n) is 8.79. The molecule has 1 aromatic heterocycles. The average Bonchev–Trinajstić information content (AvgIpc) is 3.02. The zero-order valence-electron chi connectivity index (χ0n) is 14.3. The Morgan fingerprint density at radius 1 is 1.38 bits per heavy atom. The molecule has 2 heterocycles. The van der Waals surface area contributed by atoms with Crippen LogP contribution in [0.1, 0.15) is 40.9 Å². The monoisotopic (exact) mass is 326 g/mol. The molecular formula is C19H26N4O. The molecule has 0 bridgehead atoms. The maximum Gasteiger partial charge on any atom is 0.254 e. The van der Waals surface area contributed by atoms with Crippen molar-refractivity contribution in [1.29, 1.82) is 0 Å². The van der Waals surface area contributed by atoms with Crippen LogP contribution < -0.4 is 5.32 Å². The summed E-state index contributed by atoms with van der Waals surface area (Å²) in [5.74, 6) is -0.0163. The van der Waals surface area contributed by atoms with Gasteiger partial charge in [0.1, 0.15) is 0 Å². The Kier molecular flexibility index (Phi) is 5.64. The van der Waals surface area contributed by atoms with E-state index >= 15 is 0 Å². The lowest BCUT2D eigenvalue weighted by Gasteiger charge is -2.33. The minimum absolute atomic E-state index is 0.0163. The minimum atomic E-state index is -0.0163. The largest absolute Gasteiger partial charge is 0.348 e. The quantitative estimate of drug-likeness (QED) is 0.857. The molecule has 0 spiro atoms. The molecule has 2 N–H and O–H groups in total. The van der Waals surface area contributed by atoms with Crippen molar-refractivity contribution in [3.05, 3.63) is 53.3 Å². The molecule has 1 aliphatic heterocycles. The van der Waals surface area contributed by atoms with Crippen molar-refractivity contribution in [2.75, 3.05) is 19.6 Å². The van der Waals surface area contributed by atoms with E-state index in [-0.39, 0.29) is 11.9 Å². The van der Waals surface area contributed by atoms with Gasteiger partial charge in [0.2, 0.25) is 0 Å². The number of H-pyrrole nitrogens is 1. The summed E-state index contributed by atoms with van der Waals surface area (Å²) in [4.78, 5) is 14.8. The third kappa shape index (κ3) is 4.45. The number of carbonyl (C=O) groups is 1. The van der Waals surface area contributed by atoms with Gasteiger partial charge in [0, 0.05) is 18.3 Å². The fourth-order valence-corrected chi connectivity index (χ4v) is 3.37. The highest BCUT2D eigenvalue weighted by molar-refractivity contribution is 5.95. The molecule has 1 unspecified atom stereocenters. The molecule has 5 nitrogen and oxygen atoms in total. The number of benzene rings is 1. The van der Waals surface area contributed by atoms with Crippen molar-refractivity contribution < 1.29 is 4.79 Å². The van der Waals surface area contributed by atoms with Gasteiger partial charge in [-0.1, -0.05) is 30.3 Å². The summed E-state index contributed by atoms with van der Waals surface area (Å²) in [6.45, 7) is 5.04. The van der Waals surface area contributed by atoms with Crippen molar-refractivity contribution in [1.82, 2.24) is 20.4 Å². The highest BCUT2D eigenvalue weighted by atomic mass is 16.1. The van der Waals surface area contributed by atoms with Crippen LogP contribution in [0.4, 0.5) is 0 Å². The number of hydrogen-bond acceptors (Lipinski definition) is 3. The van der Waals surface area contributed by atoms with Gasteiger partial charge in [-0.3, -0.25) is 9.89 Å². The van der Waals surface area contributed by atoms with E-state index in [4.69, 9.17) is 0 Å². The Balaban J connectivity index is 1.44. The number of piperidine rings is 1. The number of aromatic nitrogens is 2. The molecule has 2 aromatic rings. The molecule has 1 aliphatic rings. The van der Waals surface area contributed by atoms with E-state index in [9.17, 15) is 4.79 Å². The first-order valence-corrected chi connectivity index (χ1v) is 8.79. The number of aromatic amines is 1. The highest BCUT2D eigenvalue weighted by Gasteiger charge is 2.22. The fraction of sp³-hybridized carbons (Fsp3) is 0.474. The second kappa shape index (κ2) is 8.11. The van der Waals surface area contributed by atoms with Gasteiger partial charge in [0.05, 0.1) is 11.8 Å². The molecule has 1 aromatic carbocycles. The number of nitrogens with zero attached hydrogens (tertiary/aromatic N) is 2. The third-order valence-corrected chi connectivity index (χ3v) is 4.70. The molecule has 3 rings (SSSR count). The normalized spacial score (nSPS) is 18.5. The molecule has 1 fully saturated rings. The molecule has 128 valence electrons. The maximum atomic E-state index is 12.3. The molecular weight excluding hydrogens is 300 g/mol. The highest BCUT2D eigenvalue weighted by Crippen LogP contribution is 2.13. The lowest BCUT2D eigenvalue weighted by molar-refractivity contribution is 0.0902. The van der Waals surface area contributed by atoms with E-state index in [0.29, 0.717) is 5.56 Å². The van der Waals surface area contributed by atoms with Gasteiger partial charge in [-0.15, -0.1) is 0 Å². The molecule has 1 atom stereocenters. The third-order valence-electron chi connectivity index (χ3n) is 4.70. The number of likely N-dealkylation sites (tertiary alicyclic amines) is 1. The number of rotatable bonds is 6. The Bertz CT molecular complexity index is 652. The lowest BCUT2D eigenvalue weighted by Crippen LogP contribution is -2.48. The smallest absolute Gasteiger partial charge is 0.254 e. The Hall–Kier alpha value is -2.14. The van der Waals surface area contributed by atoms with Crippen molar-refractivity contribution in [2.45, 2.75) is 38.6 Å². The molecule has 1 amide bonds. The van der Waals surface area contributed by atoms with Crippen LogP contribution in [0.5, 0.6) is 0 Å². The lowest BCUT2D eigenvalue weighted by atomic mass is 10.0. The summed E-state index contributed by atoms with van der Waals surface area (Å²) >= 11 is 0. The number of aryl methyl sites for hydroxylation is 2. The summed E-state index contributed by atoms with van der Waals surface area (Å²) in [6.07, 6.45) is 6.07. The van der Waals surface area contributed by atoms with Crippen LogP contribution in [-0.4, -0.2) is 46.7 Å². The van der Waals surface area contributed by atoms with Crippen molar-refractivity contribution in [3.63, 3.8) is 0 Å². The van der Waals surface area contributed by atoms with Crippen LogP contribution in [0, 0.1) is 6.92 Å². The van der Waals surface area contributed by atoms with E-state index in [0.717, 1.165) is 51.0 Å².